The van der Waals surface area contributed by atoms with Gasteiger partial charge in [0.05, 0.1) is 25.3 Å². The molecule has 2 aromatic rings. The monoisotopic (exact) mass is 404 g/mol. The lowest BCUT2D eigenvalue weighted by atomic mass is 10.1. The van der Waals surface area contributed by atoms with Gasteiger partial charge in [-0.2, -0.15) is 0 Å². The SMILES string of the molecule is COC(=O)c1cc(NC(=S)NC(=O)C=Cc2cccs2)cc(C(=O)OC)c1. The summed E-state index contributed by atoms with van der Waals surface area (Å²) >= 11 is 6.59. The molecule has 0 aliphatic heterocycles. The van der Waals surface area contributed by atoms with Crippen LogP contribution in [0.5, 0.6) is 0 Å². The fraction of sp³-hybridized carbons (Fsp3) is 0.111. The molecule has 1 amide bonds. The fourth-order valence-corrected chi connectivity index (χ4v) is 2.87. The van der Waals surface area contributed by atoms with Gasteiger partial charge < -0.3 is 14.8 Å². The van der Waals surface area contributed by atoms with E-state index in [2.05, 4.69) is 20.1 Å². The molecule has 0 unspecified atom stereocenters. The molecule has 0 saturated carbocycles. The van der Waals surface area contributed by atoms with Gasteiger partial charge in [0.2, 0.25) is 5.91 Å². The first-order valence-electron chi connectivity index (χ1n) is 7.58. The van der Waals surface area contributed by atoms with Gasteiger partial charge >= 0.3 is 11.9 Å². The molecular formula is C18H16N2O5S2. The fourth-order valence-electron chi connectivity index (χ4n) is 2.03. The van der Waals surface area contributed by atoms with Crippen molar-refractivity contribution in [1.82, 2.24) is 5.32 Å². The zero-order chi connectivity index (χ0) is 19.8. The number of benzene rings is 1. The zero-order valence-corrected chi connectivity index (χ0v) is 16.1. The van der Waals surface area contributed by atoms with Gasteiger partial charge in [0.15, 0.2) is 5.11 Å². The molecule has 1 heterocycles. The first-order valence-corrected chi connectivity index (χ1v) is 8.87. The standard InChI is InChI=1S/C18H16N2O5S2/c1-24-16(22)11-8-12(17(23)25-2)10-13(9-11)19-18(26)20-15(21)6-5-14-4-3-7-27-14/h3-10H,1-2H3,(H2,19,20,21,26). The molecule has 0 radical (unpaired) electrons. The summed E-state index contributed by atoms with van der Waals surface area (Å²) in [6.45, 7) is 0. The topological polar surface area (TPSA) is 93.7 Å². The number of nitrogens with one attached hydrogen (secondary N) is 2. The number of esters is 2. The Morgan fingerprint density at radius 1 is 1.07 bits per heavy atom. The predicted molar refractivity (Wildman–Crippen MR) is 107 cm³/mol. The summed E-state index contributed by atoms with van der Waals surface area (Å²) < 4.78 is 9.33. The molecule has 27 heavy (non-hydrogen) atoms. The zero-order valence-electron chi connectivity index (χ0n) is 14.5. The van der Waals surface area contributed by atoms with Crippen LogP contribution in [-0.2, 0) is 14.3 Å². The highest BCUT2D eigenvalue weighted by Gasteiger charge is 2.14. The Bertz CT molecular complexity index is 857. The van der Waals surface area contributed by atoms with Gasteiger partial charge in [-0.1, -0.05) is 6.07 Å². The summed E-state index contributed by atoms with van der Waals surface area (Å²) in [6, 6.07) is 7.98. The summed E-state index contributed by atoms with van der Waals surface area (Å²) in [4.78, 5) is 36.4. The molecule has 140 valence electrons. The Labute approximate surface area is 165 Å². The third-order valence-electron chi connectivity index (χ3n) is 3.21. The normalized spacial score (nSPS) is 10.3. The van der Waals surface area contributed by atoms with Crippen molar-refractivity contribution in [3.05, 3.63) is 57.8 Å². The maximum atomic E-state index is 11.9. The summed E-state index contributed by atoms with van der Waals surface area (Å²) in [6.07, 6.45) is 3.01. The van der Waals surface area contributed by atoms with Crippen molar-refractivity contribution in [2.75, 3.05) is 19.5 Å². The van der Waals surface area contributed by atoms with E-state index in [1.54, 1.807) is 6.08 Å². The van der Waals surface area contributed by atoms with E-state index in [9.17, 15) is 14.4 Å². The van der Waals surface area contributed by atoms with Crippen molar-refractivity contribution in [3.8, 4) is 0 Å². The summed E-state index contributed by atoms with van der Waals surface area (Å²) in [5, 5.41) is 7.15. The highest BCUT2D eigenvalue weighted by molar-refractivity contribution is 7.80. The highest BCUT2D eigenvalue weighted by Crippen LogP contribution is 2.17. The van der Waals surface area contributed by atoms with Crippen LogP contribution in [0, 0.1) is 0 Å². The molecule has 1 aromatic heterocycles. The number of ether oxygens (including phenoxy) is 2. The van der Waals surface area contributed by atoms with Gasteiger partial charge in [-0.15, -0.1) is 11.3 Å². The number of methoxy groups -OCH3 is 2. The number of carbonyl (C=O) groups excluding carboxylic acids is 3. The van der Waals surface area contributed by atoms with Crippen molar-refractivity contribution in [1.29, 1.82) is 0 Å². The smallest absolute Gasteiger partial charge is 0.337 e. The number of amides is 1. The number of thiophene rings is 1. The van der Waals surface area contributed by atoms with Crippen LogP contribution in [0.15, 0.2) is 41.8 Å². The molecule has 2 N–H and O–H groups in total. The van der Waals surface area contributed by atoms with Crippen molar-refractivity contribution in [2.24, 2.45) is 0 Å². The van der Waals surface area contributed by atoms with Gasteiger partial charge in [-0.05, 0) is 47.9 Å². The van der Waals surface area contributed by atoms with Gasteiger partial charge in [0.25, 0.3) is 0 Å². The minimum atomic E-state index is -0.627. The van der Waals surface area contributed by atoms with Crippen LogP contribution in [0.3, 0.4) is 0 Å². The van der Waals surface area contributed by atoms with Crippen molar-refractivity contribution >= 4 is 58.3 Å². The average molecular weight is 404 g/mol. The van der Waals surface area contributed by atoms with Crippen LogP contribution >= 0.6 is 23.6 Å². The molecule has 0 fully saturated rings. The van der Waals surface area contributed by atoms with Crippen LogP contribution in [0.1, 0.15) is 25.6 Å². The van der Waals surface area contributed by atoms with Crippen molar-refractivity contribution in [2.45, 2.75) is 0 Å². The van der Waals surface area contributed by atoms with E-state index in [1.807, 2.05) is 17.5 Å². The number of hydrogen-bond acceptors (Lipinski definition) is 7. The van der Waals surface area contributed by atoms with Gasteiger partial charge in [0, 0.05) is 16.6 Å². The molecule has 9 heteroatoms. The Balaban J connectivity index is 2.10. The number of rotatable bonds is 5. The van der Waals surface area contributed by atoms with Crippen LogP contribution < -0.4 is 10.6 Å². The lowest BCUT2D eigenvalue weighted by molar-refractivity contribution is -0.115. The first kappa shape index (κ1) is 20.3. The molecule has 7 nitrogen and oxygen atoms in total. The first-order chi connectivity index (χ1) is 12.9. The summed E-state index contributed by atoms with van der Waals surface area (Å²) in [5.74, 6) is -1.67. The molecule has 1 aromatic carbocycles. The Morgan fingerprint density at radius 3 is 2.22 bits per heavy atom. The van der Waals surface area contributed by atoms with E-state index in [0.717, 1.165) is 4.88 Å². The molecule has 0 atom stereocenters. The predicted octanol–water partition coefficient (Wildman–Crippen LogP) is 2.85. The Hall–Kier alpha value is -3.04. The Kier molecular flexibility index (Phi) is 7.21. The van der Waals surface area contributed by atoms with Gasteiger partial charge in [0.1, 0.15) is 0 Å². The molecule has 0 aliphatic rings. The summed E-state index contributed by atoms with van der Waals surface area (Å²) in [7, 11) is 2.45. The molecule has 2 rings (SSSR count). The minimum Gasteiger partial charge on any atom is -0.465 e. The van der Waals surface area contributed by atoms with Gasteiger partial charge in [-0.3, -0.25) is 10.1 Å². The van der Waals surface area contributed by atoms with Gasteiger partial charge in [-0.25, -0.2) is 9.59 Å². The van der Waals surface area contributed by atoms with Crippen LogP contribution in [0.2, 0.25) is 0 Å². The molecular weight excluding hydrogens is 388 g/mol. The highest BCUT2D eigenvalue weighted by atomic mass is 32.1. The van der Waals surface area contributed by atoms with Crippen molar-refractivity contribution in [3.63, 3.8) is 0 Å². The van der Waals surface area contributed by atoms with Crippen LogP contribution in [0.25, 0.3) is 6.08 Å². The molecule has 0 bridgehead atoms. The molecule has 0 spiro atoms. The van der Waals surface area contributed by atoms with E-state index >= 15 is 0 Å². The van der Waals surface area contributed by atoms with Crippen molar-refractivity contribution < 1.29 is 23.9 Å². The minimum absolute atomic E-state index is 0.00802. The van der Waals surface area contributed by atoms with E-state index in [0.29, 0.717) is 5.69 Å². The maximum Gasteiger partial charge on any atom is 0.337 e. The third kappa shape index (κ3) is 6.01. The van der Waals surface area contributed by atoms with E-state index < -0.39 is 17.8 Å². The van der Waals surface area contributed by atoms with E-state index in [4.69, 9.17) is 12.2 Å². The quantitative estimate of drug-likeness (QED) is 0.450. The average Bonchev–Trinajstić information content (AvgIpc) is 3.18. The lowest BCUT2D eigenvalue weighted by Crippen LogP contribution is -2.33. The molecule has 0 aliphatic carbocycles. The second kappa shape index (κ2) is 9.60. The maximum absolute atomic E-state index is 11.9. The number of carbonyl (C=O) groups is 3. The van der Waals surface area contributed by atoms with Crippen LogP contribution in [0.4, 0.5) is 5.69 Å². The van der Waals surface area contributed by atoms with Crippen LogP contribution in [-0.4, -0.2) is 37.2 Å². The van der Waals surface area contributed by atoms with E-state index in [1.165, 1.54) is 49.8 Å². The Morgan fingerprint density at radius 2 is 1.70 bits per heavy atom. The largest absolute Gasteiger partial charge is 0.465 e. The summed E-state index contributed by atoms with van der Waals surface area (Å²) in [5.41, 5.74) is 0.593. The lowest BCUT2D eigenvalue weighted by Gasteiger charge is -2.11. The third-order valence-corrected chi connectivity index (χ3v) is 4.25. The number of thiocarbonyl (C=S) groups is 1. The number of anilines is 1. The second-order valence-electron chi connectivity index (χ2n) is 5.07. The number of hydrogen-bond donors (Lipinski definition) is 2. The van der Waals surface area contributed by atoms with E-state index in [-0.39, 0.29) is 16.2 Å². The second-order valence-corrected chi connectivity index (χ2v) is 6.46. The molecule has 0 saturated heterocycles.